The van der Waals surface area contributed by atoms with Gasteiger partial charge in [-0.25, -0.2) is 9.97 Å². The molecule has 0 unspecified atom stereocenters. The number of nitrogens with two attached hydrogens (primary N) is 1. The highest BCUT2D eigenvalue weighted by Crippen LogP contribution is 2.44. The van der Waals surface area contributed by atoms with Crippen LogP contribution in [0, 0.1) is 5.92 Å². The SMILES string of the molecule is C[C@H]1CN(Cc2ccc3c(c2)C(C)(C)C(=O)N3[C@H]2CCC(=O)NC2=O)CCN1CC1CCN(C(=O)c2ccc(C3CCN([C@@H](C)c4cc5c(-c6ccc(N)nc6)ccnc5n4C)CC3)cc2)CC1. The second-order valence-corrected chi connectivity index (χ2v) is 20.7. The highest BCUT2D eigenvalue weighted by molar-refractivity contribution is 6.13. The Bertz CT molecular complexity index is 2720. The summed E-state index contributed by atoms with van der Waals surface area (Å²) in [4.78, 5) is 72.4. The quantitative estimate of drug-likeness (QED) is 0.146. The Labute approximate surface area is 399 Å². The third-order valence-corrected chi connectivity index (χ3v) is 16.1. The summed E-state index contributed by atoms with van der Waals surface area (Å²) in [7, 11) is 2.11. The molecule has 4 fully saturated rings. The number of nitrogens with one attached hydrogen (secondary N) is 1. The van der Waals surface area contributed by atoms with Gasteiger partial charge in [-0.1, -0.05) is 24.3 Å². The number of carbonyl (C=O) groups is 4. The van der Waals surface area contributed by atoms with E-state index in [4.69, 9.17) is 10.7 Å². The number of likely N-dealkylation sites (tertiary alicyclic amines) is 2. The van der Waals surface area contributed by atoms with Gasteiger partial charge in [0, 0.05) is 112 Å². The van der Waals surface area contributed by atoms with E-state index >= 15 is 0 Å². The van der Waals surface area contributed by atoms with Crippen molar-refractivity contribution in [2.24, 2.45) is 13.0 Å². The van der Waals surface area contributed by atoms with Crippen LogP contribution in [0.1, 0.15) is 111 Å². The summed E-state index contributed by atoms with van der Waals surface area (Å²) in [6.45, 7) is 16.9. The molecule has 5 aromatic rings. The number of benzene rings is 2. The maximum atomic E-state index is 13.8. The minimum Gasteiger partial charge on any atom is -0.384 e. The van der Waals surface area contributed by atoms with Gasteiger partial charge in [0.25, 0.3) is 5.91 Å². The molecular formula is C54H66N10O4. The fourth-order valence-electron chi connectivity index (χ4n) is 11.9. The molecule has 14 nitrogen and oxygen atoms in total. The van der Waals surface area contributed by atoms with Crippen molar-refractivity contribution >= 4 is 46.2 Å². The van der Waals surface area contributed by atoms with Crippen LogP contribution in [0.4, 0.5) is 11.5 Å². The summed E-state index contributed by atoms with van der Waals surface area (Å²) >= 11 is 0. The van der Waals surface area contributed by atoms with E-state index in [-0.39, 0.29) is 30.2 Å². The van der Waals surface area contributed by atoms with E-state index in [1.54, 1.807) is 4.90 Å². The van der Waals surface area contributed by atoms with Crippen LogP contribution in [0.25, 0.3) is 22.2 Å². The van der Waals surface area contributed by atoms with E-state index < -0.39 is 17.4 Å². The standard InChI is InChI=1S/C54H66N10O4/c1-34-31-60(32-37-6-12-45-44(28-37)54(3,4)53(68)64(45)46-13-15-49(65)58-51(46)66)26-27-63(34)33-36-17-22-62(23-18-36)52(67)40-9-7-38(8-10-40)39-19-24-61(25-20-39)35(2)47-29-43-42(16-21-56-50(43)59(47)5)41-11-14-48(55)57-30-41/h6-12,14,16,21,28-30,34-36,39,46H,13,15,17-20,22-27,31-33H2,1-5H3,(H2,55,57)(H,58,65,66)/t34-,35-,46-/m0/s1. The topological polar surface area (TPSA) is 153 Å². The van der Waals surface area contributed by atoms with Crippen LogP contribution < -0.4 is 16.0 Å². The number of rotatable bonds is 10. The van der Waals surface area contributed by atoms with Crippen LogP contribution in [-0.4, -0.2) is 122 Å². The van der Waals surface area contributed by atoms with Crippen molar-refractivity contribution < 1.29 is 19.2 Å². The molecule has 3 N–H and O–H groups in total. The lowest BCUT2D eigenvalue weighted by molar-refractivity contribution is -0.136. The zero-order chi connectivity index (χ0) is 47.4. The third kappa shape index (κ3) is 8.71. The molecule has 0 spiro atoms. The maximum Gasteiger partial charge on any atom is 0.253 e. The van der Waals surface area contributed by atoms with E-state index in [0.29, 0.717) is 30.1 Å². The van der Waals surface area contributed by atoms with Gasteiger partial charge in [0.15, 0.2) is 0 Å². The van der Waals surface area contributed by atoms with Gasteiger partial charge in [0.1, 0.15) is 17.5 Å². The predicted octanol–water partition coefficient (Wildman–Crippen LogP) is 6.65. The van der Waals surface area contributed by atoms with E-state index in [0.717, 1.165) is 129 Å². The Hall–Kier alpha value is -5.96. The number of piperazine rings is 1. The number of amides is 4. The van der Waals surface area contributed by atoms with Crippen molar-refractivity contribution in [3.05, 3.63) is 107 Å². The lowest BCUT2D eigenvalue weighted by atomic mass is 9.85. The van der Waals surface area contributed by atoms with Crippen LogP contribution in [0.2, 0.25) is 0 Å². The van der Waals surface area contributed by atoms with Crippen molar-refractivity contribution in [3.8, 4) is 11.1 Å². The number of nitrogen functional groups attached to an aromatic ring is 1. The van der Waals surface area contributed by atoms with Crippen molar-refractivity contribution in [1.29, 1.82) is 0 Å². The molecule has 2 aromatic carbocycles. The van der Waals surface area contributed by atoms with Crippen LogP contribution in [0.3, 0.4) is 0 Å². The highest BCUT2D eigenvalue weighted by Gasteiger charge is 2.49. The third-order valence-electron chi connectivity index (χ3n) is 16.1. The largest absolute Gasteiger partial charge is 0.384 e. The Balaban J connectivity index is 0.678. The highest BCUT2D eigenvalue weighted by atomic mass is 16.2. The molecule has 3 atom stereocenters. The van der Waals surface area contributed by atoms with Gasteiger partial charge in [0.2, 0.25) is 17.7 Å². The van der Waals surface area contributed by atoms with Crippen LogP contribution >= 0.6 is 0 Å². The van der Waals surface area contributed by atoms with Crippen molar-refractivity contribution in [1.82, 2.24) is 39.5 Å². The van der Waals surface area contributed by atoms with E-state index in [1.165, 1.54) is 11.3 Å². The summed E-state index contributed by atoms with van der Waals surface area (Å²) in [5.74, 6) is 0.911. The Morgan fingerprint density at radius 2 is 1.65 bits per heavy atom. The van der Waals surface area contributed by atoms with Gasteiger partial charge in [0.05, 0.1) is 5.41 Å². The van der Waals surface area contributed by atoms with Crippen LogP contribution in [0.15, 0.2) is 79.1 Å². The smallest absolute Gasteiger partial charge is 0.253 e. The molecule has 5 aliphatic rings. The number of pyridine rings is 2. The summed E-state index contributed by atoms with van der Waals surface area (Å²) in [5, 5.41) is 3.54. The van der Waals surface area contributed by atoms with Crippen molar-refractivity contribution in [3.63, 3.8) is 0 Å². The van der Waals surface area contributed by atoms with Gasteiger partial charge in [-0.3, -0.25) is 44.1 Å². The average molecular weight is 919 g/mol. The first-order valence-electron chi connectivity index (χ1n) is 24.8. The normalized spacial score (nSPS) is 22.8. The number of aromatic nitrogens is 3. The van der Waals surface area contributed by atoms with Gasteiger partial charge in [-0.05, 0) is 149 Å². The summed E-state index contributed by atoms with van der Waals surface area (Å²) in [6.07, 6.45) is 8.46. The molecule has 10 rings (SSSR count). The number of nitrogens with zero attached hydrogens (tertiary/aromatic N) is 8. The number of imide groups is 1. The molecule has 4 saturated heterocycles. The lowest BCUT2D eigenvalue weighted by Gasteiger charge is -2.42. The molecule has 0 aliphatic carbocycles. The molecule has 14 heteroatoms. The van der Waals surface area contributed by atoms with E-state index in [1.807, 2.05) is 44.4 Å². The van der Waals surface area contributed by atoms with Gasteiger partial charge >= 0.3 is 0 Å². The maximum absolute atomic E-state index is 13.8. The van der Waals surface area contributed by atoms with E-state index in [2.05, 4.69) is 104 Å². The Morgan fingerprint density at radius 1 is 0.882 bits per heavy atom. The first kappa shape index (κ1) is 45.8. The molecule has 356 valence electrons. The zero-order valence-corrected chi connectivity index (χ0v) is 40.3. The van der Waals surface area contributed by atoms with Crippen LogP contribution in [0.5, 0.6) is 0 Å². The van der Waals surface area contributed by atoms with Gasteiger partial charge in [-0.2, -0.15) is 0 Å². The molecule has 0 bridgehead atoms. The average Bonchev–Trinajstić information content (AvgIpc) is 3.78. The number of hydrogen-bond donors (Lipinski definition) is 2. The monoisotopic (exact) mass is 919 g/mol. The van der Waals surface area contributed by atoms with Gasteiger partial charge < -0.3 is 15.2 Å². The van der Waals surface area contributed by atoms with Crippen LogP contribution in [-0.2, 0) is 33.4 Å². The van der Waals surface area contributed by atoms with E-state index in [9.17, 15) is 19.2 Å². The Kier molecular flexibility index (Phi) is 12.5. The van der Waals surface area contributed by atoms with Crippen molar-refractivity contribution in [2.75, 3.05) is 63.0 Å². The lowest BCUT2D eigenvalue weighted by Crippen LogP contribution is -2.55. The molecule has 68 heavy (non-hydrogen) atoms. The summed E-state index contributed by atoms with van der Waals surface area (Å²) in [6, 6.07) is 22.9. The number of piperidine rings is 3. The molecular weight excluding hydrogens is 853 g/mol. The fraction of sp³-hybridized carbons (Fsp3) is 0.481. The minimum atomic E-state index is -0.757. The fourth-order valence-corrected chi connectivity index (χ4v) is 11.9. The molecule has 8 heterocycles. The second kappa shape index (κ2) is 18.5. The number of carbonyl (C=O) groups excluding carboxylic acids is 4. The molecule has 3 aromatic heterocycles. The minimum absolute atomic E-state index is 0.0967. The second-order valence-electron chi connectivity index (χ2n) is 20.7. The number of hydrogen-bond acceptors (Lipinski definition) is 10. The molecule has 0 radical (unpaired) electrons. The molecule has 5 aliphatic heterocycles. The number of fused-ring (bicyclic) bond motifs is 2. The number of anilines is 2. The summed E-state index contributed by atoms with van der Waals surface area (Å²) < 4.78 is 2.23. The molecule has 4 amide bonds. The van der Waals surface area contributed by atoms with Crippen molar-refractivity contribution in [2.45, 2.75) is 102 Å². The van der Waals surface area contributed by atoms with Gasteiger partial charge in [-0.15, -0.1) is 0 Å². The zero-order valence-electron chi connectivity index (χ0n) is 40.3. The number of aryl methyl sites for hydroxylation is 1. The summed E-state index contributed by atoms with van der Waals surface area (Å²) in [5.41, 5.74) is 14.5. The first-order chi connectivity index (χ1) is 32.7. The first-order valence-corrected chi connectivity index (χ1v) is 24.8. The predicted molar refractivity (Wildman–Crippen MR) is 265 cm³/mol. The Morgan fingerprint density at radius 3 is 2.35 bits per heavy atom. The molecule has 0 saturated carbocycles.